The van der Waals surface area contributed by atoms with Gasteiger partial charge in [0.05, 0.1) is 0 Å². The van der Waals surface area contributed by atoms with Crippen LogP contribution in [0, 0.1) is 0 Å². The number of hydrogen-bond acceptors (Lipinski definition) is 6. The molecule has 0 saturated heterocycles. The third kappa shape index (κ3) is 6.49. The van der Waals surface area contributed by atoms with Crippen LogP contribution < -0.4 is 28.7 Å². The van der Waals surface area contributed by atoms with E-state index in [0.29, 0.717) is 26.2 Å². The lowest BCUT2D eigenvalue weighted by molar-refractivity contribution is 0.481. The molecule has 0 fully saturated rings. The predicted molar refractivity (Wildman–Crippen MR) is 266 cm³/mol. The maximum atomic E-state index is 7.20. The number of anilines is 2. The van der Waals surface area contributed by atoms with Gasteiger partial charge in [0.15, 0.2) is 0 Å². The highest BCUT2D eigenvalue weighted by Crippen LogP contribution is 2.58. The van der Waals surface area contributed by atoms with Crippen molar-refractivity contribution in [3.05, 3.63) is 229 Å². The number of ether oxygens (including phenoxy) is 4. The fourth-order valence-electron chi connectivity index (χ4n) is 10.4. The molecule has 0 spiro atoms. The minimum atomic E-state index is 0.688. The topological polar surface area (TPSA) is 43.4 Å². The summed E-state index contributed by atoms with van der Waals surface area (Å²) in [7, 11) is 0. The molecule has 6 heteroatoms. The molecule has 0 unspecified atom stereocenters. The second kappa shape index (κ2) is 15.6. The van der Waals surface area contributed by atoms with Crippen molar-refractivity contribution in [3.63, 3.8) is 0 Å². The Morgan fingerprint density at radius 3 is 0.712 bits per heavy atom. The molecule has 0 aromatic heterocycles. The second-order valence-corrected chi connectivity index (χ2v) is 17.2. The van der Waals surface area contributed by atoms with Crippen molar-refractivity contribution in [1.82, 2.24) is 0 Å². The third-order valence-corrected chi connectivity index (χ3v) is 13.1. The van der Waals surface area contributed by atoms with E-state index in [1.807, 2.05) is 121 Å². The van der Waals surface area contributed by atoms with Crippen molar-refractivity contribution in [2.75, 3.05) is 9.80 Å². The van der Waals surface area contributed by atoms with E-state index in [1.165, 1.54) is 33.0 Å². The van der Waals surface area contributed by atoms with Crippen molar-refractivity contribution >= 4 is 54.5 Å². The number of fused-ring (bicyclic) bond motifs is 2. The SMILES string of the molecule is c1ccc(Oc2cc3c4c(cc(Oc5ccccc5)c5c6c(Oc7ccccc7)cc7c8c(cc(Oc9ccccc9)c(c2c45)c86)CN(c2ccccc2)C7)CN(c2ccccc2)C3)cc1. The Hall–Kier alpha value is -8.48. The first-order valence-electron chi connectivity index (χ1n) is 22.5. The van der Waals surface area contributed by atoms with Crippen molar-refractivity contribution in [1.29, 1.82) is 0 Å². The molecule has 6 nitrogen and oxygen atoms in total. The molecule has 0 atom stereocenters. The zero-order valence-electron chi connectivity index (χ0n) is 36.0. The van der Waals surface area contributed by atoms with Crippen LogP contribution in [0.1, 0.15) is 22.3 Å². The van der Waals surface area contributed by atoms with Crippen LogP contribution in [0.25, 0.3) is 43.1 Å². The Bertz CT molecular complexity index is 3140. The van der Waals surface area contributed by atoms with Gasteiger partial charge in [0.2, 0.25) is 0 Å². The van der Waals surface area contributed by atoms with E-state index in [-0.39, 0.29) is 0 Å². The summed E-state index contributed by atoms with van der Waals surface area (Å²) in [6.07, 6.45) is 0. The van der Waals surface area contributed by atoms with Crippen molar-refractivity contribution < 1.29 is 18.9 Å². The summed E-state index contributed by atoms with van der Waals surface area (Å²) in [6, 6.07) is 70.9. The Kier molecular flexibility index (Phi) is 9.01. The summed E-state index contributed by atoms with van der Waals surface area (Å²) in [5.74, 6) is 6.00. The molecule has 66 heavy (non-hydrogen) atoms. The van der Waals surface area contributed by atoms with Gasteiger partial charge in [-0.05, 0) is 130 Å². The van der Waals surface area contributed by atoms with Crippen LogP contribution in [0.4, 0.5) is 11.4 Å². The highest BCUT2D eigenvalue weighted by Gasteiger charge is 2.34. The Labute approximate surface area is 382 Å². The van der Waals surface area contributed by atoms with E-state index in [4.69, 9.17) is 18.9 Å². The molecule has 0 bridgehead atoms. The molecule has 2 heterocycles. The van der Waals surface area contributed by atoms with E-state index in [1.54, 1.807) is 0 Å². The summed E-state index contributed by atoms with van der Waals surface area (Å²) in [5.41, 5.74) is 6.97. The van der Waals surface area contributed by atoms with Crippen LogP contribution in [0.2, 0.25) is 0 Å². The lowest BCUT2D eigenvalue weighted by Gasteiger charge is -2.35. The third-order valence-electron chi connectivity index (χ3n) is 13.1. The van der Waals surface area contributed by atoms with Crippen LogP contribution >= 0.6 is 0 Å². The fourth-order valence-corrected chi connectivity index (χ4v) is 10.4. The lowest BCUT2D eigenvalue weighted by atomic mass is 9.81. The van der Waals surface area contributed by atoms with E-state index < -0.39 is 0 Å². The highest BCUT2D eigenvalue weighted by molar-refractivity contribution is 6.39. The summed E-state index contributed by atoms with van der Waals surface area (Å²) in [5, 5.41) is 8.39. The summed E-state index contributed by atoms with van der Waals surface area (Å²) in [6.45, 7) is 2.75. The first-order chi connectivity index (χ1) is 32.7. The molecular weight excluding hydrogens is 813 g/mol. The molecule has 2 aliphatic heterocycles. The predicted octanol–water partition coefficient (Wildman–Crippen LogP) is 15.9. The summed E-state index contributed by atoms with van der Waals surface area (Å²) < 4.78 is 28.8. The first kappa shape index (κ1) is 38.0. The minimum absolute atomic E-state index is 0.688. The molecule has 11 aromatic rings. The largest absolute Gasteiger partial charge is 0.457 e. The molecule has 11 aromatic carbocycles. The zero-order valence-corrected chi connectivity index (χ0v) is 36.0. The number of rotatable bonds is 10. The van der Waals surface area contributed by atoms with Gasteiger partial charge in [0.25, 0.3) is 0 Å². The van der Waals surface area contributed by atoms with Gasteiger partial charge < -0.3 is 28.7 Å². The highest BCUT2D eigenvalue weighted by atomic mass is 16.5. The zero-order chi connectivity index (χ0) is 43.6. The number of hydrogen-bond donors (Lipinski definition) is 0. The second-order valence-electron chi connectivity index (χ2n) is 17.2. The maximum Gasteiger partial charge on any atom is 0.136 e. The van der Waals surface area contributed by atoms with Gasteiger partial charge in [0, 0.05) is 69.9 Å². The Balaban J connectivity index is 1.22. The molecular formula is C60H42N2O4. The molecule has 0 amide bonds. The van der Waals surface area contributed by atoms with Gasteiger partial charge in [-0.15, -0.1) is 0 Å². The quantitative estimate of drug-likeness (QED) is 0.101. The molecule has 0 radical (unpaired) electrons. The van der Waals surface area contributed by atoms with Crippen LogP contribution in [0.15, 0.2) is 206 Å². The van der Waals surface area contributed by atoms with Gasteiger partial charge in [-0.2, -0.15) is 0 Å². The van der Waals surface area contributed by atoms with Gasteiger partial charge in [-0.1, -0.05) is 109 Å². The van der Waals surface area contributed by atoms with Gasteiger partial charge in [-0.3, -0.25) is 0 Å². The summed E-state index contributed by atoms with van der Waals surface area (Å²) >= 11 is 0. The Morgan fingerprint density at radius 1 is 0.242 bits per heavy atom. The van der Waals surface area contributed by atoms with Gasteiger partial charge in [-0.25, -0.2) is 0 Å². The average molecular weight is 855 g/mol. The Morgan fingerprint density at radius 2 is 0.470 bits per heavy atom. The smallest absolute Gasteiger partial charge is 0.136 e. The van der Waals surface area contributed by atoms with Gasteiger partial charge >= 0.3 is 0 Å². The van der Waals surface area contributed by atoms with Crippen LogP contribution in [0.3, 0.4) is 0 Å². The lowest BCUT2D eigenvalue weighted by Crippen LogP contribution is -2.26. The molecule has 13 rings (SSSR count). The van der Waals surface area contributed by atoms with Crippen molar-refractivity contribution in [2.24, 2.45) is 0 Å². The first-order valence-corrected chi connectivity index (χ1v) is 22.5. The van der Waals surface area contributed by atoms with E-state index >= 15 is 0 Å². The van der Waals surface area contributed by atoms with Crippen molar-refractivity contribution in [2.45, 2.75) is 26.2 Å². The van der Waals surface area contributed by atoms with E-state index in [0.717, 1.165) is 89.7 Å². The molecule has 0 aliphatic carbocycles. The molecule has 0 saturated carbocycles. The standard InChI is InChI=1S/C60H42N2O4/c1-7-19-43(20-8-1)61-35-39-31-49(63-45-23-11-3-12-24-45)55-57-51(65-47-27-15-5-16-28-47)33-41-37-62(44-21-9-2-10-22-44)38-42-34-52(66-48-29-17-6-18-30-48)58(60(57)54(41)42)56-50(64-46-25-13-4-14-26-46)32-40(36-61)53(39)59(55)56/h1-34H,35-38H2. The van der Waals surface area contributed by atoms with E-state index in [9.17, 15) is 0 Å². The monoisotopic (exact) mass is 854 g/mol. The fraction of sp³-hybridized carbons (Fsp3) is 0.0667. The van der Waals surface area contributed by atoms with Crippen LogP contribution in [-0.4, -0.2) is 0 Å². The van der Waals surface area contributed by atoms with Gasteiger partial charge in [0.1, 0.15) is 46.0 Å². The van der Waals surface area contributed by atoms with E-state index in [2.05, 4.69) is 94.7 Å². The maximum absolute atomic E-state index is 7.20. The molecule has 2 aliphatic rings. The average Bonchev–Trinajstić information content (AvgIpc) is 3.37. The molecule has 316 valence electrons. The minimum Gasteiger partial charge on any atom is -0.457 e. The number of para-hydroxylation sites is 6. The molecule has 0 N–H and O–H groups in total. The van der Waals surface area contributed by atoms with Crippen LogP contribution in [-0.2, 0) is 26.2 Å². The normalized spacial score (nSPS) is 13.2. The number of nitrogens with zero attached hydrogens (tertiary/aromatic N) is 2. The summed E-state index contributed by atoms with van der Waals surface area (Å²) in [4.78, 5) is 4.87. The number of benzene rings is 11. The van der Waals surface area contributed by atoms with Crippen LogP contribution in [0.5, 0.6) is 46.0 Å². The van der Waals surface area contributed by atoms with Crippen molar-refractivity contribution in [3.8, 4) is 46.0 Å².